The predicted molar refractivity (Wildman–Crippen MR) is 90.0 cm³/mol. The van der Waals surface area contributed by atoms with Crippen molar-refractivity contribution >= 4 is 33.3 Å². The molecule has 2 rings (SSSR count). The highest BCUT2D eigenvalue weighted by atomic mass is 79.9. The van der Waals surface area contributed by atoms with Crippen LogP contribution in [0.4, 0.5) is 11.5 Å². The fourth-order valence-electron chi connectivity index (χ4n) is 1.90. The molecule has 1 aromatic carbocycles. The first-order valence-electron chi connectivity index (χ1n) is 6.79. The highest BCUT2D eigenvalue weighted by molar-refractivity contribution is 9.10. The Labute approximate surface area is 133 Å². The predicted octanol–water partition coefficient (Wildman–Crippen LogP) is 4.01. The zero-order valence-corrected chi connectivity index (χ0v) is 13.9. The molecule has 0 saturated carbocycles. The molecule has 0 atom stereocenters. The summed E-state index contributed by atoms with van der Waals surface area (Å²) >= 11 is 3.47. The van der Waals surface area contributed by atoms with Gasteiger partial charge in [-0.3, -0.25) is 4.79 Å². The lowest BCUT2D eigenvalue weighted by atomic mass is 10.1. The third-order valence-corrected chi connectivity index (χ3v) is 4.04. The standard InChI is InChI=1S/C16H18BrN3O/c1-4-12-7-11(8-15(18-3)19-12)16(21)20-13-6-5-10(2)14(17)9-13/h5-9H,4H2,1-3H3,(H,18,19)(H,20,21). The van der Waals surface area contributed by atoms with Crippen LogP contribution in [0.5, 0.6) is 0 Å². The summed E-state index contributed by atoms with van der Waals surface area (Å²) in [7, 11) is 1.79. The zero-order chi connectivity index (χ0) is 15.4. The van der Waals surface area contributed by atoms with Crippen molar-refractivity contribution in [3.05, 3.63) is 51.6 Å². The van der Waals surface area contributed by atoms with E-state index in [1.54, 1.807) is 13.1 Å². The maximum Gasteiger partial charge on any atom is 0.255 e. The number of hydrogen-bond donors (Lipinski definition) is 2. The lowest BCUT2D eigenvalue weighted by molar-refractivity contribution is 0.102. The molecule has 21 heavy (non-hydrogen) atoms. The number of nitrogens with one attached hydrogen (secondary N) is 2. The van der Waals surface area contributed by atoms with Crippen molar-refractivity contribution in [2.75, 3.05) is 17.7 Å². The maximum atomic E-state index is 12.4. The summed E-state index contributed by atoms with van der Waals surface area (Å²) < 4.78 is 0.972. The Hall–Kier alpha value is -1.88. The van der Waals surface area contributed by atoms with Crippen molar-refractivity contribution in [2.45, 2.75) is 20.3 Å². The van der Waals surface area contributed by atoms with E-state index in [0.717, 1.165) is 27.8 Å². The number of anilines is 2. The van der Waals surface area contributed by atoms with Crippen LogP contribution in [0, 0.1) is 6.92 Å². The van der Waals surface area contributed by atoms with Crippen molar-refractivity contribution in [3.8, 4) is 0 Å². The fraction of sp³-hybridized carbons (Fsp3) is 0.250. The maximum absolute atomic E-state index is 12.4. The van der Waals surface area contributed by atoms with Crippen LogP contribution >= 0.6 is 15.9 Å². The molecule has 0 unspecified atom stereocenters. The van der Waals surface area contributed by atoms with Gasteiger partial charge in [0.1, 0.15) is 5.82 Å². The Morgan fingerprint density at radius 3 is 2.67 bits per heavy atom. The van der Waals surface area contributed by atoms with Gasteiger partial charge in [-0.15, -0.1) is 0 Å². The molecule has 4 nitrogen and oxygen atoms in total. The van der Waals surface area contributed by atoms with Gasteiger partial charge in [0.2, 0.25) is 0 Å². The molecule has 0 spiro atoms. The van der Waals surface area contributed by atoms with Gasteiger partial charge in [0.05, 0.1) is 0 Å². The molecule has 0 saturated heterocycles. The highest BCUT2D eigenvalue weighted by Crippen LogP contribution is 2.21. The largest absolute Gasteiger partial charge is 0.373 e. The Bertz CT molecular complexity index is 648. The molecule has 2 N–H and O–H groups in total. The molecule has 110 valence electrons. The average Bonchev–Trinajstić information content (AvgIpc) is 2.50. The number of amides is 1. The average molecular weight is 348 g/mol. The fourth-order valence-corrected chi connectivity index (χ4v) is 2.28. The van der Waals surface area contributed by atoms with Crippen LogP contribution in [0.1, 0.15) is 28.5 Å². The first kappa shape index (κ1) is 15.5. The van der Waals surface area contributed by atoms with Gasteiger partial charge in [0.15, 0.2) is 0 Å². The Morgan fingerprint density at radius 1 is 1.29 bits per heavy atom. The molecule has 0 radical (unpaired) electrons. The minimum absolute atomic E-state index is 0.139. The topological polar surface area (TPSA) is 54.0 Å². The Balaban J connectivity index is 2.25. The first-order chi connectivity index (χ1) is 10.0. The molecule has 1 aromatic heterocycles. The van der Waals surface area contributed by atoms with Gasteiger partial charge in [-0.05, 0) is 43.2 Å². The van der Waals surface area contributed by atoms with Gasteiger partial charge in [-0.25, -0.2) is 4.98 Å². The van der Waals surface area contributed by atoms with E-state index in [1.165, 1.54) is 0 Å². The van der Waals surface area contributed by atoms with E-state index in [1.807, 2.05) is 38.1 Å². The molecule has 0 aliphatic carbocycles. The second-order valence-corrected chi connectivity index (χ2v) is 5.61. The van der Waals surface area contributed by atoms with Crippen LogP contribution < -0.4 is 10.6 Å². The second-order valence-electron chi connectivity index (χ2n) is 4.75. The quantitative estimate of drug-likeness (QED) is 0.878. The Morgan fingerprint density at radius 2 is 2.05 bits per heavy atom. The minimum atomic E-state index is -0.139. The summed E-state index contributed by atoms with van der Waals surface area (Å²) in [6.07, 6.45) is 0.784. The van der Waals surface area contributed by atoms with E-state index in [4.69, 9.17) is 0 Å². The van der Waals surface area contributed by atoms with Gasteiger partial charge in [0, 0.05) is 28.5 Å². The second kappa shape index (κ2) is 6.72. The number of benzene rings is 1. The first-order valence-corrected chi connectivity index (χ1v) is 7.59. The zero-order valence-electron chi connectivity index (χ0n) is 12.3. The molecule has 1 heterocycles. The van der Waals surface area contributed by atoms with Crippen LogP contribution in [-0.4, -0.2) is 17.9 Å². The molecule has 0 aliphatic heterocycles. The van der Waals surface area contributed by atoms with Crippen molar-refractivity contribution in [1.29, 1.82) is 0 Å². The van der Waals surface area contributed by atoms with Crippen LogP contribution in [0.15, 0.2) is 34.8 Å². The summed E-state index contributed by atoms with van der Waals surface area (Å²) in [5.74, 6) is 0.559. The van der Waals surface area contributed by atoms with Gasteiger partial charge in [0.25, 0.3) is 5.91 Å². The monoisotopic (exact) mass is 347 g/mol. The molecule has 1 amide bonds. The molecule has 5 heteroatoms. The SMILES string of the molecule is CCc1cc(C(=O)Nc2ccc(C)c(Br)c2)cc(NC)n1. The third-order valence-electron chi connectivity index (χ3n) is 3.19. The molecule has 0 fully saturated rings. The van der Waals surface area contributed by atoms with Crippen LogP contribution in [0.25, 0.3) is 0 Å². The molecule has 0 bridgehead atoms. The number of carbonyl (C=O) groups is 1. The summed E-state index contributed by atoms with van der Waals surface area (Å²) in [5, 5.41) is 5.88. The number of carbonyl (C=O) groups excluding carboxylic acids is 1. The third kappa shape index (κ3) is 3.82. The van der Waals surface area contributed by atoms with E-state index in [2.05, 4.69) is 31.5 Å². The van der Waals surface area contributed by atoms with Crippen LogP contribution in [0.3, 0.4) is 0 Å². The normalized spacial score (nSPS) is 10.3. The minimum Gasteiger partial charge on any atom is -0.373 e. The smallest absolute Gasteiger partial charge is 0.255 e. The summed E-state index contributed by atoms with van der Waals surface area (Å²) in [4.78, 5) is 16.8. The van der Waals surface area contributed by atoms with E-state index < -0.39 is 0 Å². The lowest BCUT2D eigenvalue weighted by Gasteiger charge is -2.09. The van der Waals surface area contributed by atoms with Crippen molar-refractivity contribution in [1.82, 2.24) is 4.98 Å². The number of halogens is 1. The van der Waals surface area contributed by atoms with E-state index in [9.17, 15) is 4.79 Å². The number of nitrogens with zero attached hydrogens (tertiary/aromatic N) is 1. The molecule has 0 aliphatic rings. The summed E-state index contributed by atoms with van der Waals surface area (Å²) in [6, 6.07) is 9.31. The van der Waals surface area contributed by atoms with Crippen molar-refractivity contribution in [2.24, 2.45) is 0 Å². The van der Waals surface area contributed by atoms with E-state index in [0.29, 0.717) is 11.4 Å². The number of rotatable bonds is 4. The molecule has 2 aromatic rings. The number of pyridine rings is 1. The number of aryl methyl sites for hydroxylation is 2. The molecular formula is C16H18BrN3O. The van der Waals surface area contributed by atoms with Crippen LogP contribution in [0.2, 0.25) is 0 Å². The van der Waals surface area contributed by atoms with Gasteiger partial charge in [-0.2, -0.15) is 0 Å². The lowest BCUT2D eigenvalue weighted by Crippen LogP contribution is -2.13. The molecular weight excluding hydrogens is 330 g/mol. The van der Waals surface area contributed by atoms with Crippen molar-refractivity contribution < 1.29 is 4.79 Å². The highest BCUT2D eigenvalue weighted by Gasteiger charge is 2.10. The van der Waals surface area contributed by atoms with E-state index >= 15 is 0 Å². The van der Waals surface area contributed by atoms with Gasteiger partial charge in [-0.1, -0.05) is 28.9 Å². The Kier molecular flexibility index (Phi) is 4.96. The van der Waals surface area contributed by atoms with E-state index in [-0.39, 0.29) is 5.91 Å². The van der Waals surface area contributed by atoms with Gasteiger partial charge < -0.3 is 10.6 Å². The number of aromatic nitrogens is 1. The van der Waals surface area contributed by atoms with Crippen LogP contribution in [-0.2, 0) is 6.42 Å². The van der Waals surface area contributed by atoms with Crippen molar-refractivity contribution in [3.63, 3.8) is 0 Å². The summed E-state index contributed by atoms with van der Waals surface area (Å²) in [6.45, 7) is 4.02. The number of hydrogen-bond acceptors (Lipinski definition) is 3. The summed E-state index contributed by atoms with van der Waals surface area (Å²) in [5.41, 5.74) is 3.38. The van der Waals surface area contributed by atoms with Gasteiger partial charge >= 0.3 is 0 Å².